The van der Waals surface area contributed by atoms with E-state index in [0.717, 1.165) is 0 Å². The van der Waals surface area contributed by atoms with Crippen LogP contribution in [0.3, 0.4) is 0 Å². The lowest BCUT2D eigenvalue weighted by Gasteiger charge is -2.21. The summed E-state index contributed by atoms with van der Waals surface area (Å²) in [6.07, 6.45) is 5.11. The fraction of sp³-hybridized carbons (Fsp3) is 0.750. The summed E-state index contributed by atoms with van der Waals surface area (Å²) in [6, 6.07) is -0.287. The standard InChI is InChI=1S/C8H15NO/c1-5-7(9)8(10-4)6(2)3/h1,6-8H,9H2,2-4H3. The summed E-state index contributed by atoms with van der Waals surface area (Å²) in [4.78, 5) is 0. The number of terminal acetylenes is 1. The minimum atomic E-state index is -0.287. The van der Waals surface area contributed by atoms with Gasteiger partial charge in [0.1, 0.15) is 0 Å². The Bertz CT molecular complexity index is 126. The Balaban J connectivity index is 3.96. The molecule has 0 aliphatic rings. The van der Waals surface area contributed by atoms with Crippen molar-refractivity contribution in [2.24, 2.45) is 11.7 Å². The van der Waals surface area contributed by atoms with E-state index in [0.29, 0.717) is 5.92 Å². The van der Waals surface area contributed by atoms with Gasteiger partial charge in [-0.3, -0.25) is 0 Å². The van der Waals surface area contributed by atoms with E-state index in [1.807, 2.05) is 13.8 Å². The van der Waals surface area contributed by atoms with Crippen molar-refractivity contribution in [2.45, 2.75) is 26.0 Å². The number of nitrogens with two attached hydrogens (primary N) is 1. The summed E-state index contributed by atoms with van der Waals surface area (Å²) in [5, 5.41) is 0. The third kappa shape index (κ3) is 2.38. The summed E-state index contributed by atoms with van der Waals surface area (Å²) in [7, 11) is 1.63. The molecule has 2 heteroatoms. The molecule has 0 aromatic rings. The molecule has 0 rings (SSSR count). The van der Waals surface area contributed by atoms with Gasteiger partial charge >= 0.3 is 0 Å². The van der Waals surface area contributed by atoms with Crippen LogP contribution in [0.4, 0.5) is 0 Å². The Hall–Kier alpha value is -0.520. The fourth-order valence-electron chi connectivity index (χ4n) is 0.928. The fourth-order valence-corrected chi connectivity index (χ4v) is 0.928. The van der Waals surface area contributed by atoms with E-state index in [-0.39, 0.29) is 12.1 Å². The molecule has 0 fully saturated rings. The van der Waals surface area contributed by atoms with E-state index in [2.05, 4.69) is 5.92 Å². The van der Waals surface area contributed by atoms with Gasteiger partial charge in [-0.25, -0.2) is 0 Å². The Labute approximate surface area is 62.7 Å². The van der Waals surface area contributed by atoms with Crippen LogP contribution in [-0.2, 0) is 4.74 Å². The summed E-state index contributed by atoms with van der Waals surface area (Å²) in [6.45, 7) is 4.07. The summed E-state index contributed by atoms with van der Waals surface area (Å²) in [5.41, 5.74) is 5.57. The van der Waals surface area contributed by atoms with Crippen LogP contribution >= 0.6 is 0 Å². The van der Waals surface area contributed by atoms with Gasteiger partial charge in [0.25, 0.3) is 0 Å². The van der Waals surface area contributed by atoms with Gasteiger partial charge in [-0.1, -0.05) is 19.8 Å². The monoisotopic (exact) mass is 141 g/mol. The van der Waals surface area contributed by atoms with E-state index in [1.54, 1.807) is 7.11 Å². The predicted molar refractivity (Wildman–Crippen MR) is 42.4 cm³/mol. The molecule has 0 aliphatic heterocycles. The van der Waals surface area contributed by atoms with Gasteiger partial charge in [0.15, 0.2) is 0 Å². The number of rotatable bonds is 3. The molecule has 10 heavy (non-hydrogen) atoms. The SMILES string of the molecule is C#CC(N)C(OC)C(C)C. The second-order valence-corrected chi connectivity index (χ2v) is 2.64. The Morgan fingerprint density at radius 3 is 2.10 bits per heavy atom. The molecule has 0 radical (unpaired) electrons. The third-order valence-electron chi connectivity index (χ3n) is 1.48. The number of ether oxygens (including phenoxy) is 1. The summed E-state index contributed by atoms with van der Waals surface area (Å²) >= 11 is 0. The van der Waals surface area contributed by atoms with Gasteiger partial charge in [-0.2, -0.15) is 0 Å². The zero-order chi connectivity index (χ0) is 8.15. The molecule has 0 aromatic heterocycles. The molecule has 0 aliphatic carbocycles. The van der Waals surface area contributed by atoms with Crippen molar-refractivity contribution < 1.29 is 4.74 Å². The zero-order valence-electron chi connectivity index (χ0n) is 6.79. The molecule has 0 aromatic carbocycles. The van der Waals surface area contributed by atoms with Crippen molar-refractivity contribution in [1.29, 1.82) is 0 Å². The quantitative estimate of drug-likeness (QED) is 0.585. The molecule has 2 N–H and O–H groups in total. The maximum Gasteiger partial charge on any atom is 0.0930 e. The summed E-state index contributed by atoms with van der Waals surface area (Å²) < 4.78 is 5.10. The average Bonchev–Trinajstić information content (AvgIpc) is 1.88. The van der Waals surface area contributed by atoms with Crippen molar-refractivity contribution in [3.8, 4) is 12.3 Å². The van der Waals surface area contributed by atoms with E-state index in [9.17, 15) is 0 Å². The second kappa shape index (κ2) is 4.32. The van der Waals surface area contributed by atoms with Gasteiger partial charge in [0.2, 0.25) is 0 Å². The largest absolute Gasteiger partial charge is 0.379 e. The average molecular weight is 141 g/mol. The molecule has 0 spiro atoms. The third-order valence-corrected chi connectivity index (χ3v) is 1.48. The van der Waals surface area contributed by atoms with Gasteiger partial charge < -0.3 is 10.5 Å². The van der Waals surface area contributed by atoms with Crippen LogP contribution in [0.5, 0.6) is 0 Å². The van der Waals surface area contributed by atoms with Gasteiger partial charge in [-0.05, 0) is 5.92 Å². The molecular weight excluding hydrogens is 126 g/mol. The lowest BCUT2D eigenvalue weighted by molar-refractivity contribution is 0.0575. The summed E-state index contributed by atoms with van der Waals surface area (Å²) in [5.74, 6) is 2.82. The lowest BCUT2D eigenvalue weighted by atomic mass is 10.0. The maximum absolute atomic E-state index is 5.57. The lowest BCUT2D eigenvalue weighted by Crippen LogP contribution is -2.38. The van der Waals surface area contributed by atoms with Crippen LogP contribution in [0.2, 0.25) is 0 Å². The molecule has 58 valence electrons. The van der Waals surface area contributed by atoms with Crippen LogP contribution in [0.25, 0.3) is 0 Å². The van der Waals surface area contributed by atoms with Crippen LogP contribution in [0.1, 0.15) is 13.8 Å². The van der Waals surface area contributed by atoms with Gasteiger partial charge in [-0.15, -0.1) is 6.42 Å². The highest BCUT2D eigenvalue weighted by Gasteiger charge is 2.18. The first-order valence-corrected chi connectivity index (χ1v) is 3.38. The Kier molecular flexibility index (Phi) is 4.10. The van der Waals surface area contributed by atoms with Crippen molar-refractivity contribution >= 4 is 0 Å². The van der Waals surface area contributed by atoms with E-state index >= 15 is 0 Å². The highest BCUT2D eigenvalue weighted by Crippen LogP contribution is 2.07. The van der Waals surface area contributed by atoms with E-state index < -0.39 is 0 Å². The molecule has 0 saturated heterocycles. The molecule has 2 atom stereocenters. The second-order valence-electron chi connectivity index (χ2n) is 2.64. The van der Waals surface area contributed by atoms with Crippen molar-refractivity contribution in [3.05, 3.63) is 0 Å². The molecule has 0 bridgehead atoms. The molecule has 2 unspecified atom stereocenters. The topological polar surface area (TPSA) is 35.2 Å². The molecule has 0 heterocycles. The highest BCUT2D eigenvalue weighted by molar-refractivity contribution is 5.01. The Morgan fingerprint density at radius 1 is 1.50 bits per heavy atom. The normalized spacial score (nSPS) is 16.4. The van der Waals surface area contributed by atoms with Crippen molar-refractivity contribution in [2.75, 3.05) is 7.11 Å². The van der Waals surface area contributed by atoms with Crippen molar-refractivity contribution in [1.82, 2.24) is 0 Å². The molecular formula is C8H15NO. The first kappa shape index (κ1) is 9.48. The number of hydrogen-bond donors (Lipinski definition) is 1. The predicted octanol–water partition coefficient (Wildman–Crippen LogP) is 0.618. The highest BCUT2D eigenvalue weighted by atomic mass is 16.5. The molecule has 2 nitrogen and oxygen atoms in total. The minimum Gasteiger partial charge on any atom is -0.379 e. The van der Waals surface area contributed by atoms with Crippen LogP contribution in [0.15, 0.2) is 0 Å². The van der Waals surface area contributed by atoms with Crippen LogP contribution < -0.4 is 5.73 Å². The van der Waals surface area contributed by atoms with Crippen molar-refractivity contribution in [3.63, 3.8) is 0 Å². The minimum absolute atomic E-state index is 0.0231. The number of methoxy groups -OCH3 is 1. The van der Waals surface area contributed by atoms with Gasteiger partial charge in [0, 0.05) is 7.11 Å². The molecule has 0 saturated carbocycles. The Morgan fingerprint density at radius 2 is 2.00 bits per heavy atom. The van der Waals surface area contributed by atoms with Crippen LogP contribution in [0, 0.1) is 18.3 Å². The maximum atomic E-state index is 5.57. The number of hydrogen-bond acceptors (Lipinski definition) is 2. The van der Waals surface area contributed by atoms with E-state index in [1.165, 1.54) is 0 Å². The first-order valence-electron chi connectivity index (χ1n) is 3.38. The zero-order valence-corrected chi connectivity index (χ0v) is 6.79. The van der Waals surface area contributed by atoms with Gasteiger partial charge in [0.05, 0.1) is 12.1 Å². The van der Waals surface area contributed by atoms with E-state index in [4.69, 9.17) is 16.9 Å². The van der Waals surface area contributed by atoms with Crippen LogP contribution in [-0.4, -0.2) is 19.3 Å². The molecule has 0 amide bonds. The smallest absolute Gasteiger partial charge is 0.0930 e. The first-order chi connectivity index (χ1) is 4.63.